The molecule has 0 radical (unpaired) electrons. The Morgan fingerprint density at radius 3 is 2.54 bits per heavy atom. The van der Waals surface area contributed by atoms with Crippen molar-refractivity contribution in [3.63, 3.8) is 0 Å². The Labute approximate surface area is 149 Å². The van der Waals surface area contributed by atoms with Crippen molar-refractivity contribution in [3.05, 3.63) is 80.8 Å². The highest BCUT2D eigenvalue weighted by molar-refractivity contribution is 6.42. The topological polar surface area (TPSA) is 56.2 Å². The van der Waals surface area contributed by atoms with Crippen LogP contribution in [-0.2, 0) is 6.42 Å². The SMILES string of the molecule is Cc1cn2c(n1)Cc1cc(Cl)c(Cl)cc1C(c1ccc(N)cc1)=N2. The summed E-state index contributed by atoms with van der Waals surface area (Å²) in [5.41, 5.74) is 11.2. The van der Waals surface area contributed by atoms with Crippen LogP contribution in [0.25, 0.3) is 0 Å². The Kier molecular flexibility index (Phi) is 3.59. The maximum absolute atomic E-state index is 6.26. The molecule has 4 nitrogen and oxygen atoms in total. The molecule has 0 unspecified atom stereocenters. The molecule has 0 fully saturated rings. The summed E-state index contributed by atoms with van der Waals surface area (Å²) in [6.07, 6.45) is 2.56. The zero-order chi connectivity index (χ0) is 16.8. The highest BCUT2D eigenvalue weighted by atomic mass is 35.5. The Bertz CT molecular complexity index is 971. The van der Waals surface area contributed by atoms with Crippen LogP contribution in [0, 0.1) is 6.92 Å². The van der Waals surface area contributed by atoms with Crippen LogP contribution >= 0.6 is 23.2 Å². The van der Waals surface area contributed by atoms with Crippen LogP contribution in [0.15, 0.2) is 47.7 Å². The fourth-order valence-electron chi connectivity index (χ4n) is 2.88. The first-order valence-corrected chi connectivity index (χ1v) is 8.25. The molecule has 2 heterocycles. The molecule has 120 valence electrons. The normalized spacial score (nSPS) is 13.0. The lowest BCUT2D eigenvalue weighted by Crippen LogP contribution is -2.07. The number of hydrogen-bond acceptors (Lipinski definition) is 3. The van der Waals surface area contributed by atoms with Crippen molar-refractivity contribution in [2.45, 2.75) is 13.3 Å². The van der Waals surface area contributed by atoms with Crippen molar-refractivity contribution in [2.24, 2.45) is 5.10 Å². The van der Waals surface area contributed by atoms with Crippen LogP contribution in [0.2, 0.25) is 10.0 Å². The molecule has 1 aromatic heterocycles. The summed E-state index contributed by atoms with van der Waals surface area (Å²) in [4.78, 5) is 4.56. The summed E-state index contributed by atoms with van der Waals surface area (Å²) >= 11 is 12.5. The van der Waals surface area contributed by atoms with Crippen LogP contribution in [0.3, 0.4) is 0 Å². The minimum atomic E-state index is 0.509. The van der Waals surface area contributed by atoms with Gasteiger partial charge in [-0.15, -0.1) is 0 Å². The van der Waals surface area contributed by atoms with Gasteiger partial charge in [0.25, 0.3) is 0 Å². The van der Waals surface area contributed by atoms with E-state index in [2.05, 4.69) is 4.98 Å². The number of hydrogen-bond donors (Lipinski definition) is 1. The quantitative estimate of drug-likeness (QED) is 0.517. The van der Waals surface area contributed by atoms with Crippen LogP contribution in [0.5, 0.6) is 0 Å². The van der Waals surface area contributed by atoms with Gasteiger partial charge >= 0.3 is 0 Å². The maximum atomic E-state index is 6.26. The summed E-state index contributed by atoms with van der Waals surface area (Å²) in [5.74, 6) is 0.873. The monoisotopic (exact) mass is 356 g/mol. The predicted molar refractivity (Wildman–Crippen MR) is 98.1 cm³/mol. The molecule has 1 aliphatic rings. The predicted octanol–water partition coefficient (Wildman–Crippen LogP) is 4.29. The molecule has 0 saturated heterocycles. The molecule has 0 atom stereocenters. The van der Waals surface area contributed by atoms with Crippen molar-refractivity contribution in [2.75, 3.05) is 5.73 Å². The zero-order valence-electron chi connectivity index (χ0n) is 12.9. The molecule has 0 saturated carbocycles. The third kappa shape index (κ3) is 2.58. The highest BCUT2D eigenvalue weighted by Crippen LogP contribution is 2.31. The molecule has 4 rings (SSSR count). The van der Waals surface area contributed by atoms with Crippen LogP contribution in [0.4, 0.5) is 5.69 Å². The van der Waals surface area contributed by atoms with E-state index in [1.54, 1.807) is 0 Å². The molecule has 0 aliphatic carbocycles. The third-order valence-corrected chi connectivity index (χ3v) is 4.74. The molecule has 3 aromatic rings. The first kappa shape index (κ1) is 15.2. The molecule has 0 bridgehead atoms. The lowest BCUT2D eigenvalue weighted by Gasteiger charge is -2.11. The van der Waals surface area contributed by atoms with E-state index in [0.717, 1.165) is 33.9 Å². The second-order valence-corrected chi connectivity index (χ2v) is 6.63. The highest BCUT2D eigenvalue weighted by Gasteiger charge is 2.21. The molecule has 2 N–H and O–H groups in total. The molecular weight excluding hydrogens is 343 g/mol. The molecular formula is C18H14Cl2N4. The number of rotatable bonds is 1. The standard InChI is InChI=1S/C18H14Cl2N4/c1-10-9-24-17(22-10)7-12-6-15(19)16(20)8-14(12)18(23-24)11-2-4-13(21)5-3-11/h2-6,8-9H,7,21H2,1H3. The van der Waals surface area contributed by atoms with Gasteiger partial charge in [0.15, 0.2) is 0 Å². The number of fused-ring (bicyclic) bond motifs is 2. The number of halogens is 2. The largest absolute Gasteiger partial charge is 0.399 e. The van der Waals surface area contributed by atoms with Gasteiger partial charge in [0.05, 0.1) is 27.6 Å². The Balaban J connectivity index is 1.99. The number of nitrogens with zero attached hydrogens (tertiary/aromatic N) is 3. The lowest BCUT2D eigenvalue weighted by atomic mass is 9.96. The first-order chi connectivity index (χ1) is 11.5. The third-order valence-electron chi connectivity index (χ3n) is 4.02. The number of aromatic nitrogens is 2. The van der Waals surface area contributed by atoms with Gasteiger partial charge in [-0.05, 0) is 36.8 Å². The first-order valence-electron chi connectivity index (χ1n) is 7.49. The van der Waals surface area contributed by atoms with Crippen molar-refractivity contribution in [1.29, 1.82) is 0 Å². The summed E-state index contributed by atoms with van der Waals surface area (Å²) in [5, 5.41) is 5.84. The number of benzene rings is 2. The van der Waals surface area contributed by atoms with Gasteiger partial charge in [-0.25, -0.2) is 9.66 Å². The second-order valence-electron chi connectivity index (χ2n) is 5.81. The lowest BCUT2D eigenvalue weighted by molar-refractivity contribution is 0.806. The fourth-order valence-corrected chi connectivity index (χ4v) is 3.23. The second kappa shape index (κ2) is 5.65. The van der Waals surface area contributed by atoms with Gasteiger partial charge < -0.3 is 5.73 Å². The Morgan fingerprint density at radius 2 is 1.79 bits per heavy atom. The van der Waals surface area contributed by atoms with E-state index < -0.39 is 0 Å². The van der Waals surface area contributed by atoms with E-state index in [1.807, 2.05) is 54.2 Å². The van der Waals surface area contributed by atoms with Crippen molar-refractivity contribution in [1.82, 2.24) is 9.66 Å². The molecule has 0 spiro atoms. The number of imidazole rings is 1. The Morgan fingerprint density at radius 1 is 1.08 bits per heavy atom. The zero-order valence-corrected chi connectivity index (χ0v) is 14.4. The summed E-state index contributed by atoms with van der Waals surface area (Å²) < 4.78 is 1.82. The summed E-state index contributed by atoms with van der Waals surface area (Å²) in [7, 11) is 0. The van der Waals surface area contributed by atoms with E-state index in [-0.39, 0.29) is 0 Å². The van der Waals surface area contributed by atoms with E-state index in [9.17, 15) is 0 Å². The van der Waals surface area contributed by atoms with Crippen LogP contribution < -0.4 is 5.73 Å². The minimum Gasteiger partial charge on any atom is -0.399 e. The number of anilines is 1. The average molecular weight is 357 g/mol. The summed E-state index contributed by atoms with van der Waals surface area (Å²) in [6.45, 7) is 1.95. The van der Waals surface area contributed by atoms with Crippen LogP contribution in [-0.4, -0.2) is 15.4 Å². The van der Waals surface area contributed by atoms with Crippen molar-refractivity contribution in [3.8, 4) is 0 Å². The minimum absolute atomic E-state index is 0.509. The molecule has 24 heavy (non-hydrogen) atoms. The van der Waals surface area contributed by atoms with Crippen molar-refractivity contribution >= 4 is 34.6 Å². The summed E-state index contributed by atoms with van der Waals surface area (Å²) in [6, 6.07) is 11.4. The number of nitrogens with two attached hydrogens (primary N) is 1. The number of aryl methyl sites for hydroxylation is 1. The molecule has 2 aromatic carbocycles. The van der Waals surface area contributed by atoms with Gasteiger partial charge in [-0.1, -0.05) is 35.3 Å². The average Bonchev–Trinajstić information content (AvgIpc) is 2.82. The van der Waals surface area contributed by atoms with Crippen LogP contribution in [0.1, 0.15) is 28.2 Å². The van der Waals surface area contributed by atoms with E-state index in [0.29, 0.717) is 22.2 Å². The molecule has 1 aliphatic heterocycles. The van der Waals surface area contributed by atoms with E-state index in [4.69, 9.17) is 34.0 Å². The number of nitrogen functional groups attached to an aromatic ring is 1. The van der Waals surface area contributed by atoms with Gasteiger partial charge in [0.2, 0.25) is 0 Å². The van der Waals surface area contributed by atoms with Gasteiger partial charge in [-0.2, -0.15) is 5.10 Å². The Hall–Kier alpha value is -2.30. The molecule has 6 heteroatoms. The van der Waals surface area contributed by atoms with E-state index >= 15 is 0 Å². The fraction of sp³-hybridized carbons (Fsp3) is 0.111. The van der Waals surface area contributed by atoms with Gasteiger partial charge in [-0.3, -0.25) is 0 Å². The maximum Gasteiger partial charge on any atom is 0.134 e. The molecule has 0 amide bonds. The van der Waals surface area contributed by atoms with Gasteiger partial charge in [0, 0.05) is 23.2 Å². The van der Waals surface area contributed by atoms with Crippen molar-refractivity contribution < 1.29 is 0 Å². The van der Waals surface area contributed by atoms with E-state index in [1.165, 1.54) is 0 Å². The smallest absolute Gasteiger partial charge is 0.134 e. The van der Waals surface area contributed by atoms with Gasteiger partial charge in [0.1, 0.15) is 5.82 Å².